The number of hydrogen-bond acceptors (Lipinski definition) is 4. The van der Waals surface area contributed by atoms with Crippen LogP contribution in [0.3, 0.4) is 0 Å². The molecule has 104 valence electrons. The minimum atomic E-state index is -0.565. The molecule has 0 aromatic heterocycles. The van der Waals surface area contributed by atoms with E-state index in [1.165, 1.54) is 12.1 Å². The van der Waals surface area contributed by atoms with Crippen molar-refractivity contribution < 1.29 is 14.5 Å². The molecule has 7 heteroatoms. The molecule has 1 amide bonds. The second kappa shape index (κ2) is 7.06. The highest BCUT2D eigenvalue weighted by molar-refractivity contribution is 6.34. The highest BCUT2D eigenvalue weighted by atomic mass is 35.5. The molecule has 19 heavy (non-hydrogen) atoms. The predicted octanol–water partition coefficient (Wildman–Crippen LogP) is 2.40. The number of non-ortho nitro benzene ring substituents is 1. The summed E-state index contributed by atoms with van der Waals surface area (Å²) in [7, 11) is 0. The van der Waals surface area contributed by atoms with Crippen LogP contribution in [0, 0.1) is 10.1 Å². The van der Waals surface area contributed by atoms with E-state index in [1.54, 1.807) is 0 Å². The van der Waals surface area contributed by atoms with Gasteiger partial charge in [-0.3, -0.25) is 14.9 Å². The maximum absolute atomic E-state index is 11.8. The van der Waals surface area contributed by atoms with Gasteiger partial charge >= 0.3 is 0 Å². The first-order valence-corrected chi connectivity index (χ1v) is 6.13. The number of nitrogens with one attached hydrogen (secondary N) is 1. The van der Waals surface area contributed by atoms with Gasteiger partial charge in [0.05, 0.1) is 28.2 Å². The van der Waals surface area contributed by atoms with Gasteiger partial charge in [0.15, 0.2) is 0 Å². The van der Waals surface area contributed by atoms with Crippen molar-refractivity contribution in [3.8, 4) is 0 Å². The van der Waals surface area contributed by atoms with Gasteiger partial charge in [-0.15, -0.1) is 0 Å². The summed E-state index contributed by atoms with van der Waals surface area (Å²) < 4.78 is 5.27. The van der Waals surface area contributed by atoms with Crippen LogP contribution in [0.4, 0.5) is 5.69 Å². The van der Waals surface area contributed by atoms with Crippen LogP contribution in [0.15, 0.2) is 18.2 Å². The van der Waals surface area contributed by atoms with Crippen LogP contribution in [0.5, 0.6) is 0 Å². The van der Waals surface area contributed by atoms with Crippen LogP contribution in [-0.2, 0) is 4.74 Å². The molecule has 0 unspecified atom stereocenters. The number of ether oxygens (including phenoxy) is 1. The zero-order valence-electron chi connectivity index (χ0n) is 10.7. The SMILES string of the molecule is CC(C)OCCNC(=O)c1ccc([N+](=O)[O-])cc1Cl. The topological polar surface area (TPSA) is 81.5 Å². The van der Waals surface area contributed by atoms with E-state index in [0.717, 1.165) is 6.07 Å². The lowest BCUT2D eigenvalue weighted by molar-refractivity contribution is -0.384. The van der Waals surface area contributed by atoms with E-state index in [1.807, 2.05) is 13.8 Å². The molecule has 1 rings (SSSR count). The number of amides is 1. The molecule has 0 spiro atoms. The molecular formula is C12H15ClN2O4. The van der Waals surface area contributed by atoms with Gasteiger partial charge in [-0.25, -0.2) is 0 Å². The fraction of sp³-hybridized carbons (Fsp3) is 0.417. The normalized spacial score (nSPS) is 10.5. The Balaban J connectivity index is 2.60. The standard InChI is InChI=1S/C12H15ClN2O4/c1-8(2)19-6-5-14-12(16)10-4-3-9(15(17)18)7-11(10)13/h3-4,7-8H,5-6H2,1-2H3,(H,14,16). The molecule has 0 bridgehead atoms. The average molecular weight is 287 g/mol. The maximum Gasteiger partial charge on any atom is 0.270 e. The van der Waals surface area contributed by atoms with Gasteiger partial charge in [0.2, 0.25) is 0 Å². The van der Waals surface area contributed by atoms with Crippen LogP contribution >= 0.6 is 11.6 Å². The number of rotatable bonds is 6. The Morgan fingerprint density at radius 1 is 1.53 bits per heavy atom. The van der Waals surface area contributed by atoms with Crippen molar-refractivity contribution in [1.82, 2.24) is 5.32 Å². The molecular weight excluding hydrogens is 272 g/mol. The molecule has 6 nitrogen and oxygen atoms in total. The maximum atomic E-state index is 11.8. The Bertz CT molecular complexity index is 477. The molecule has 0 fully saturated rings. The minimum Gasteiger partial charge on any atom is -0.377 e. The fourth-order valence-electron chi connectivity index (χ4n) is 1.36. The molecule has 0 heterocycles. The van der Waals surface area contributed by atoms with Crippen molar-refractivity contribution >= 4 is 23.2 Å². The summed E-state index contributed by atoms with van der Waals surface area (Å²) in [5, 5.41) is 13.2. The summed E-state index contributed by atoms with van der Waals surface area (Å²) >= 11 is 5.84. The Kier molecular flexibility index (Phi) is 5.72. The van der Waals surface area contributed by atoms with Crippen molar-refractivity contribution in [2.24, 2.45) is 0 Å². The van der Waals surface area contributed by atoms with Crippen LogP contribution in [-0.4, -0.2) is 30.1 Å². The highest BCUT2D eigenvalue weighted by Gasteiger charge is 2.14. The molecule has 1 N–H and O–H groups in total. The third kappa shape index (κ3) is 4.84. The second-order valence-corrected chi connectivity index (χ2v) is 4.50. The van der Waals surface area contributed by atoms with E-state index in [-0.39, 0.29) is 28.3 Å². The number of carbonyl (C=O) groups excluding carboxylic acids is 1. The first kappa shape index (κ1) is 15.4. The van der Waals surface area contributed by atoms with E-state index >= 15 is 0 Å². The van der Waals surface area contributed by atoms with Crippen LogP contribution in [0.25, 0.3) is 0 Å². The van der Waals surface area contributed by atoms with Gasteiger partial charge in [0, 0.05) is 18.7 Å². The summed E-state index contributed by atoms with van der Waals surface area (Å²) in [5.41, 5.74) is 0.0569. The Hall–Kier alpha value is -1.66. The first-order valence-electron chi connectivity index (χ1n) is 5.75. The van der Waals surface area contributed by atoms with Crippen molar-refractivity contribution in [2.45, 2.75) is 20.0 Å². The Morgan fingerprint density at radius 2 is 2.21 bits per heavy atom. The average Bonchev–Trinajstić information content (AvgIpc) is 2.33. The quantitative estimate of drug-likeness (QED) is 0.494. The summed E-state index contributed by atoms with van der Waals surface area (Å²) in [6, 6.07) is 3.73. The number of hydrogen-bond donors (Lipinski definition) is 1. The van der Waals surface area contributed by atoms with Crippen molar-refractivity contribution in [3.05, 3.63) is 38.9 Å². The lowest BCUT2D eigenvalue weighted by Crippen LogP contribution is -2.28. The van der Waals surface area contributed by atoms with Gasteiger partial charge in [0.1, 0.15) is 0 Å². The van der Waals surface area contributed by atoms with Crippen molar-refractivity contribution in [3.63, 3.8) is 0 Å². The third-order valence-electron chi connectivity index (χ3n) is 2.25. The van der Waals surface area contributed by atoms with E-state index in [2.05, 4.69) is 5.32 Å². The summed E-state index contributed by atoms with van der Waals surface area (Å²) in [6.07, 6.45) is 0.0971. The summed E-state index contributed by atoms with van der Waals surface area (Å²) in [4.78, 5) is 21.7. The molecule has 0 aliphatic rings. The van der Waals surface area contributed by atoms with Gasteiger partial charge in [-0.2, -0.15) is 0 Å². The van der Waals surface area contributed by atoms with E-state index in [9.17, 15) is 14.9 Å². The number of benzene rings is 1. The van der Waals surface area contributed by atoms with Crippen LogP contribution < -0.4 is 5.32 Å². The predicted molar refractivity (Wildman–Crippen MR) is 71.5 cm³/mol. The van der Waals surface area contributed by atoms with Gasteiger partial charge in [-0.05, 0) is 19.9 Å². The monoisotopic (exact) mass is 286 g/mol. The Labute approximate surface area is 115 Å². The largest absolute Gasteiger partial charge is 0.377 e. The molecule has 0 aliphatic heterocycles. The van der Waals surface area contributed by atoms with E-state index < -0.39 is 4.92 Å². The second-order valence-electron chi connectivity index (χ2n) is 4.10. The van der Waals surface area contributed by atoms with Crippen LogP contribution in [0.1, 0.15) is 24.2 Å². The molecule has 1 aromatic rings. The lowest BCUT2D eigenvalue weighted by atomic mass is 10.2. The zero-order chi connectivity index (χ0) is 14.4. The number of halogens is 1. The lowest BCUT2D eigenvalue weighted by Gasteiger charge is -2.09. The molecule has 0 saturated heterocycles. The molecule has 1 aromatic carbocycles. The molecule has 0 atom stereocenters. The van der Waals surface area contributed by atoms with Crippen molar-refractivity contribution in [2.75, 3.05) is 13.2 Å². The van der Waals surface area contributed by atoms with Crippen molar-refractivity contribution in [1.29, 1.82) is 0 Å². The van der Waals surface area contributed by atoms with Gasteiger partial charge < -0.3 is 10.1 Å². The van der Waals surface area contributed by atoms with E-state index in [4.69, 9.17) is 16.3 Å². The van der Waals surface area contributed by atoms with Gasteiger partial charge in [-0.1, -0.05) is 11.6 Å². The first-order chi connectivity index (χ1) is 8.91. The Morgan fingerprint density at radius 3 is 2.74 bits per heavy atom. The number of nitro benzene ring substituents is 1. The number of carbonyl (C=O) groups is 1. The third-order valence-corrected chi connectivity index (χ3v) is 2.56. The van der Waals surface area contributed by atoms with Crippen LogP contribution in [0.2, 0.25) is 5.02 Å². The molecule has 0 saturated carbocycles. The molecule has 0 radical (unpaired) electrons. The van der Waals surface area contributed by atoms with E-state index in [0.29, 0.717) is 13.2 Å². The molecule has 0 aliphatic carbocycles. The number of nitrogens with zero attached hydrogens (tertiary/aromatic N) is 1. The minimum absolute atomic E-state index is 0.0523. The zero-order valence-corrected chi connectivity index (χ0v) is 11.4. The smallest absolute Gasteiger partial charge is 0.270 e. The summed E-state index contributed by atoms with van der Waals surface area (Å²) in [6.45, 7) is 4.54. The number of nitro groups is 1. The summed E-state index contributed by atoms with van der Waals surface area (Å²) in [5.74, 6) is -0.382. The highest BCUT2D eigenvalue weighted by Crippen LogP contribution is 2.22. The van der Waals surface area contributed by atoms with Gasteiger partial charge in [0.25, 0.3) is 11.6 Å². The fourth-order valence-corrected chi connectivity index (χ4v) is 1.62.